The van der Waals surface area contributed by atoms with Gasteiger partial charge in [0, 0.05) is 22.1 Å². The van der Waals surface area contributed by atoms with Crippen LogP contribution in [0.1, 0.15) is 6.42 Å². The van der Waals surface area contributed by atoms with Crippen molar-refractivity contribution in [3.63, 3.8) is 0 Å². The second kappa shape index (κ2) is 2.69. The smallest absolute Gasteiger partial charge is 0.0357 e. The third-order valence-electron chi connectivity index (χ3n) is 1.85. The maximum atomic E-state index is 5.70. The molecule has 0 aromatic rings. The van der Waals surface area contributed by atoms with Crippen molar-refractivity contribution in [1.82, 2.24) is 0 Å². The van der Waals surface area contributed by atoms with Crippen LogP contribution in [0.4, 0.5) is 0 Å². The molecule has 0 radical (unpaired) electrons. The predicted octanol–water partition coefficient (Wildman–Crippen LogP) is -0.824. The van der Waals surface area contributed by atoms with Crippen molar-refractivity contribution < 1.29 is 0 Å². The number of nitrogens with two attached hydrogens (primary N) is 3. The molecular weight excluding hydrogens is 229 g/mol. The van der Waals surface area contributed by atoms with Crippen LogP contribution in [0.3, 0.4) is 0 Å². The van der Waals surface area contributed by atoms with Crippen molar-refractivity contribution in [3.05, 3.63) is 0 Å². The molecule has 0 aromatic carbocycles. The fraction of sp³-hybridized carbons (Fsp3) is 1.00. The summed E-state index contributed by atoms with van der Waals surface area (Å²) in [6.45, 7) is 0. The van der Waals surface area contributed by atoms with Crippen LogP contribution in [0.25, 0.3) is 0 Å². The van der Waals surface area contributed by atoms with Gasteiger partial charge < -0.3 is 17.2 Å². The molecule has 1 fully saturated rings. The molecule has 1 rings (SSSR count). The van der Waals surface area contributed by atoms with Crippen LogP contribution < -0.4 is 17.2 Å². The molecule has 4 heteroatoms. The summed E-state index contributed by atoms with van der Waals surface area (Å²) < 4.78 is 0.465. The van der Waals surface area contributed by atoms with Gasteiger partial charge in [-0.3, -0.25) is 0 Å². The van der Waals surface area contributed by atoms with Gasteiger partial charge >= 0.3 is 0 Å². The van der Waals surface area contributed by atoms with Gasteiger partial charge in [0.2, 0.25) is 0 Å². The number of rotatable bonds is 0. The highest BCUT2D eigenvalue weighted by atomic mass is 127. The molecular formula is C5H12IN3. The largest absolute Gasteiger partial charge is 0.326 e. The Balaban J connectivity index is 2.54. The molecule has 54 valence electrons. The van der Waals surface area contributed by atoms with Crippen molar-refractivity contribution >= 4 is 22.6 Å². The quantitative estimate of drug-likeness (QED) is 0.383. The van der Waals surface area contributed by atoms with Gasteiger partial charge in [-0.2, -0.15) is 0 Å². The zero-order valence-electron chi connectivity index (χ0n) is 5.13. The van der Waals surface area contributed by atoms with E-state index in [2.05, 4.69) is 22.6 Å². The first-order chi connectivity index (χ1) is 4.13. The SMILES string of the molecule is NC1CC(I)C(N)C1N. The Morgan fingerprint density at radius 3 is 1.78 bits per heavy atom. The van der Waals surface area contributed by atoms with Crippen LogP contribution in [0.2, 0.25) is 0 Å². The lowest BCUT2D eigenvalue weighted by Gasteiger charge is -2.13. The van der Waals surface area contributed by atoms with E-state index < -0.39 is 0 Å². The molecule has 0 spiro atoms. The molecule has 9 heavy (non-hydrogen) atoms. The van der Waals surface area contributed by atoms with Gasteiger partial charge in [-0.05, 0) is 6.42 Å². The summed E-state index contributed by atoms with van der Waals surface area (Å²) in [5.41, 5.74) is 17.0. The normalized spacial score (nSPS) is 52.0. The molecule has 4 atom stereocenters. The van der Waals surface area contributed by atoms with Gasteiger partial charge in [0.25, 0.3) is 0 Å². The van der Waals surface area contributed by atoms with E-state index in [4.69, 9.17) is 17.2 Å². The standard InChI is InChI=1S/C5H12IN3/c6-2-1-3(7)5(9)4(2)8/h2-5H,1,7-9H2. The summed E-state index contributed by atoms with van der Waals surface area (Å²) in [4.78, 5) is 0. The lowest BCUT2D eigenvalue weighted by Crippen LogP contribution is -2.47. The van der Waals surface area contributed by atoms with Crippen molar-refractivity contribution in [2.45, 2.75) is 28.5 Å². The van der Waals surface area contributed by atoms with E-state index in [1.54, 1.807) is 0 Å². The summed E-state index contributed by atoms with van der Waals surface area (Å²) in [7, 11) is 0. The maximum absolute atomic E-state index is 5.70. The second-order valence-electron chi connectivity index (χ2n) is 2.57. The zero-order chi connectivity index (χ0) is 7.02. The van der Waals surface area contributed by atoms with Crippen LogP contribution in [0.5, 0.6) is 0 Å². The van der Waals surface area contributed by atoms with Crippen molar-refractivity contribution in [2.24, 2.45) is 17.2 Å². The second-order valence-corrected chi connectivity index (χ2v) is 4.17. The Hall–Kier alpha value is 0.610. The summed E-state index contributed by atoms with van der Waals surface area (Å²) in [5, 5.41) is 0. The highest BCUT2D eigenvalue weighted by Gasteiger charge is 2.34. The van der Waals surface area contributed by atoms with Gasteiger partial charge in [-0.25, -0.2) is 0 Å². The first kappa shape index (κ1) is 7.71. The lowest BCUT2D eigenvalue weighted by molar-refractivity contribution is 0.556. The molecule has 0 aliphatic heterocycles. The van der Waals surface area contributed by atoms with Crippen LogP contribution in [0.15, 0.2) is 0 Å². The number of hydrogen-bond donors (Lipinski definition) is 3. The number of hydrogen-bond acceptors (Lipinski definition) is 3. The average molecular weight is 241 g/mol. The van der Waals surface area contributed by atoms with Gasteiger partial charge in [-0.15, -0.1) is 0 Å². The predicted molar refractivity (Wildman–Crippen MR) is 46.4 cm³/mol. The third-order valence-corrected chi connectivity index (χ3v) is 3.19. The van der Waals surface area contributed by atoms with E-state index in [0.29, 0.717) is 3.92 Å². The van der Waals surface area contributed by atoms with Gasteiger partial charge in [-0.1, -0.05) is 22.6 Å². The van der Waals surface area contributed by atoms with E-state index in [1.165, 1.54) is 0 Å². The van der Waals surface area contributed by atoms with E-state index in [-0.39, 0.29) is 18.1 Å². The fourth-order valence-corrected chi connectivity index (χ4v) is 2.17. The zero-order valence-corrected chi connectivity index (χ0v) is 7.28. The van der Waals surface area contributed by atoms with E-state index in [0.717, 1.165) is 6.42 Å². The molecule has 3 nitrogen and oxygen atoms in total. The highest BCUT2D eigenvalue weighted by molar-refractivity contribution is 14.1. The minimum Gasteiger partial charge on any atom is -0.326 e. The van der Waals surface area contributed by atoms with Crippen LogP contribution in [-0.2, 0) is 0 Å². The van der Waals surface area contributed by atoms with Crippen molar-refractivity contribution in [1.29, 1.82) is 0 Å². The molecule has 4 unspecified atom stereocenters. The Bertz CT molecular complexity index is 96.4. The van der Waals surface area contributed by atoms with E-state index in [1.807, 2.05) is 0 Å². The average Bonchev–Trinajstić information content (AvgIpc) is 1.98. The van der Waals surface area contributed by atoms with Crippen molar-refractivity contribution in [3.8, 4) is 0 Å². The summed E-state index contributed by atoms with van der Waals surface area (Å²) in [5.74, 6) is 0. The van der Waals surface area contributed by atoms with Gasteiger partial charge in [0.05, 0.1) is 0 Å². The molecule has 0 amide bonds. The Morgan fingerprint density at radius 2 is 1.67 bits per heavy atom. The van der Waals surface area contributed by atoms with Crippen LogP contribution in [0, 0.1) is 0 Å². The summed E-state index contributed by atoms with van der Waals surface area (Å²) in [6.07, 6.45) is 0.961. The third kappa shape index (κ3) is 1.36. The first-order valence-electron chi connectivity index (χ1n) is 3.03. The minimum absolute atomic E-state index is 0.00639. The maximum Gasteiger partial charge on any atom is 0.0357 e. The number of halogens is 1. The van der Waals surface area contributed by atoms with Gasteiger partial charge in [0.1, 0.15) is 0 Å². The van der Waals surface area contributed by atoms with Gasteiger partial charge in [0.15, 0.2) is 0 Å². The van der Waals surface area contributed by atoms with E-state index >= 15 is 0 Å². The molecule has 1 saturated carbocycles. The molecule has 1 aliphatic rings. The van der Waals surface area contributed by atoms with Crippen LogP contribution in [-0.4, -0.2) is 22.1 Å². The number of alkyl halides is 1. The van der Waals surface area contributed by atoms with Crippen LogP contribution >= 0.6 is 22.6 Å². The molecule has 0 saturated heterocycles. The first-order valence-corrected chi connectivity index (χ1v) is 4.28. The molecule has 1 aliphatic carbocycles. The Kier molecular flexibility index (Phi) is 2.31. The molecule has 6 N–H and O–H groups in total. The van der Waals surface area contributed by atoms with E-state index in [9.17, 15) is 0 Å². The Labute approximate surface area is 68.5 Å². The molecule has 0 aromatic heterocycles. The topological polar surface area (TPSA) is 78.1 Å². The minimum atomic E-state index is 0.00639. The highest BCUT2D eigenvalue weighted by Crippen LogP contribution is 2.22. The van der Waals surface area contributed by atoms with Crippen molar-refractivity contribution in [2.75, 3.05) is 0 Å². The summed E-state index contributed by atoms with van der Waals surface area (Å²) in [6, 6.07) is 0.217. The molecule has 0 heterocycles. The lowest BCUT2D eigenvalue weighted by atomic mass is 10.2. The molecule has 0 bridgehead atoms. The fourth-order valence-electron chi connectivity index (χ4n) is 1.10. The Morgan fingerprint density at radius 1 is 1.11 bits per heavy atom. The monoisotopic (exact) mass is 241 g/mol. The summed E-state index contributed by atoms with van der Waals surface area (Å²) >= 11 is 2.30.